The number of ether oxygens (including phenoxy) is 1. The quantitative estimate of drug-likeness (QED) is 0.877. The molecule has 0 saturated heterocycles. The number of halogens is 3. The van der Waals surface area contributed by atoms with Crippen LogP contribution in [0.3, 0.4) is 0 Å². The first-order chi connectivity index (χ1) is 10.5. The Morgan fingerprint density at radius 1 is 1.27 bits per heavy atom. The third-order valence-electron chi connectivity index (χ3n) is 3.15. The second kappa shape index (κ2) is 7.91. The third kappa shape index (κ3) is 6.24. The largest absolute Gasteiger partial charge is 0.484 e. The molecule has 1 aliphatic heterocycles. The number of hydrogen-bond donors (Lipinski definition) is 2. The molecule has 0 amide bonds. The van der Waals surface area contributed by atoms with Crippen LogP contribution in [0.1, 0.15) is 18.4 Å². The van der Waals surface area contributed by atoms with E-state index in [1.54, 1.807) is 12.1 Å². The molecule has 0 bridgehead atoms. The SMILES string of the molecule is FC(F)(F)COc1cccc(CCNC2=NCCCCN2)c1. The first-order valence-electron chi connectivity index (χ1n) is 7.34. The van der Waals surface area contributed by atoms with E-state index >= 15 is 0 Å². The molecule has 0 atom stereocenters. The van der Waals surface area contributed by atoms with Crippen LogP contribution in [0, 0.1) is 0 Å². The van der Waals surface area contributed by atoms with Gasteiger partial charge >= 0.3 is 6.18 Å². The van der Waals surface area contributed by atoms with Gasteiger partial charge in [-0.05, 0) is 37.0 Å². The molecule has 7 heteroatoms. The molecule has 0 saturated carbocycles. The lowest BCUT2D eigenvalue weighted by atomic mass is 10.1. The Balaban J connectivity index is 1.79. The van der Waals surface area contributed by atoms with Gasteiger partial charge in [-0.1, -0.05) is 12.1 Å². The van der Waals surface area contributed by atoms with Gasteiger partial charge < -0.3 is 15.4 Å². The van der Waals surface area contributed by atoms with Crippen LogP contribution in [0.25, 0.3) is 0 Å². The van der Waals surface area contributed by atoms with Gasteiger partial charge in [0.1, 0.15) is 5.75 Å². The van der Waals surface area contributed by atoms with Crippen molar-refractivity contribution in [2.45, 2.75) is 25.4 Å². The second-order valence-electron chi connectivity index (χ2n) is 5.09. The van der Waals surface area contributed by atoms with Gasteiger partial charge in [-0.2, -0.15) is 13.2 Å². The molecule has 1 aromatic carbocycles. The fourth-order valence-corrected chi connectivity index (χ4v) is 2.09. The summed E-state index contributed by atoms with van der Waals surface area (Å²) in [4.78, 5) is 4.37. The second-order valence-corrected chi connectivity index (χ2v) is 5.09. The van der Waals surface area contributed by atoms with E-state index in [4.69, 9.17) is 4.74 Å². The minimum Gasteiger partial charge on any atom is -0.484 e. The summed E-state index contributed by atoms with van der Waals surface area (Å²) in [6.45, 7) is 1.12. The van der Waals surface area contributed by atoms with E-state index < -0.39 is 12.8 Å². The van der Waals surface area contributed by atoms with E-state index in [2.05, 4.69) is 15.6 Å². The molecular formula is C15H20F3N3O. The molecule has 4 nitrogen and oxygen atoms in total. The lowest BCUT2D eigenvalue weighted by molar-refractivity contribution is -0.153. The van der Waals surface area contributed by atoms with Crippen molar-refractivity contribution in [1.29, 1.82) is 0 Å². The van der Waals surface area contributed by atoms with Crippen LogP contribution in [0.2, 0.25) is 0 Å². The Kier molecular flexibility index (Phi) is 5.91. The molecular weight excluding hydrogens is 295 g/mol. The maximum absolute atomic E-state index is 12.1. The molecule has 1 aliphatic rings. The standard InChI is InChI=1S/C15H20F3N3O/c16-15(17,18)11-22-13-5-3-4-12(10-13)6-9-21-14-19-7-1-2-8-20-14/h3-5,10H,1-2,6-9,11H2,(H2,19,20,21). The summed E-state index contributed by atoms with van der Waals surface area (Å²) < 4.78 is 41.1. The molecule has 0 aliphatic carbocycles. The van der Waals surface area contributed by atoms with Crippen molar-refractivity contribution in [3.05, 3.63) is 29.8 Å². The Morgan fingerprint density at radius 3 is 2.95 bits per heavy atom. The molecule has 1 aromatic rings. The highest BCUT2D eigenvalue weighted by Gasteiger charge is 2.28. The topological polar surface area (TPSA) is 45.6 Å². The Hall–Kier alpha value is -1.92. The maximum atomic E-state index is 12.1. The van der Waals surface area contributed by atoms with E-state index in [0.29, 0.717) is 13.0 Å². The molecule has 122 valence electrons. The van der Waals surface area contributed by atoms with E-state index in [1.165, 1.54) is 6.07 Å². The number of rotatable bonds is 5. The number of guanidine groups is 1. The van der Waals surface area contributed by atoms with E-state index in [1.807, 2.05) is 6.07 Å². The van der Waals surface area contributed by atoms with Gasteiger partial charge in [-0.25, -0.2) is 0 Å². The zero-order valence-corrected chi connectivity index (χ0v) is 12.2. The van der Waals surface area contributed by atoms with Crippen molar-refractivity contribution < 1.29 is 17.9 Å². The third-order valence-corrected chi connectivity index (χ3v) is 3.15. The van der Waals surface area contributed by atoms with Crippen LogP contribution in [0.5, 0.6) is 5.75 Å². The van der Waals surface area contributed by atoms with Gasteiger partial charge in [0.2, 0.25) is 0 Å². The highest BCUT2D eigenvalue weighted by atomic mass is 19.4. The lowest BCUT2D eigenvalue weighted by Gasteiger charge is -2.12. The minimum atomic E-state index is -4.32. The summed E-state index contributed by atoms with van der Waals surface area (Å²) in [5.74, 6) is 1.03. The highest BCUT2D eigenvalue weighted by molar-refractivity contribution is 5.79. The molecule has 0 fully saturated rings. The molecule has 0 spiro atoms. The van der Waals surface area contributed by atoms with Crippen molar-refractivity contribution in [2.75, 3.05) is 26.2 Å². The monoisotopic (exact) mass is 315 g/mol. The Labute approximate surface area is 127 Å². The fraction of sp³-hybridized carbons (Fsp3) is 0.533. The highest BCUT2D eigenvalue weighted by Crippen LogP contribution is 2.19. The van der Waals surface area contributed by atoms with E-state index in [0.717, 1.165) is 37.5 Å². The number of aliphatic imine (C=N–C) groups is 1. The Morgan fingerprint density at radius 2 is 2.14 bits per heavy atom. The van der Waals surface area contributed by atoms with E-state index in [-0.39, 0.29) is 5.75 Å². The zero-order chi connectivity index (χ0) is 15.8. The summed E-state index contributed by atoms with van der Waals surface area (Å²) in [7, 11) is 0. The Bertz CT molecular complexity index is 503. The lowest BCUT2D eigenvalue weighted by Crippen LogP contribution is -2.38. The average Bonchev–Trinajstić information content (AvgIpc) is 2.74. The van der Waals surface area contributed by atoms with Crippen LogP contribution >= 0.6 is 0 Å². The van der Waals surface area contributed by atoms with Crippen LogP contribution < -0.4 is 15.4 Å². The van der Waals surface area contributed by atoms with Gasteiger partial charge in [0.25, 0.3) is 0 Å². The van der Waals surface area contributed by atoms with E-state index in [9.17, 15) is 13.2 Å². The fourth-order valence-electron chi connectivity index (χ4n) is 2.09. The summed E-state index contributed by atoms with van der Waals surface area (Å²) >= 11 is 0. The van der Waals surface area contributed by atoms with Crippen LogP contribution in [-0.4, -0.2) is 38.4 Å². The molecule has 2 rings (SSSR count). The summed E-state index contributed by atoms with van der Waals surface area (Å²) in [5, 5.41) is 6.41. The molecule has 22 heavy (non-hydrogen) atoms. The normalized spacial score (nSPS) is 15.5. The van der Waals surface area contributed by atoms with Crippen molar-refractivity contribution in [2.24, 2.45) is 4.99 Å². The average molecular weight is 315 g/mol. The van der Waals surface area contributed by atoms with Gasteiger partial charge in [-0.15, -0.1) is 0 Å². The summed E-state index contributed by atoms with van der Waals surface area (Å²) in [6, 6.07) is 6.72. The predicted octanol–water partition coefficient (Wildman–Crippen LogP) is 2.50. The molecule has 2 N–H and O–H groups in total. The number of nitrogens with zero attached hydrogens (tertiary/aromatic N) is 1. The molecule has 0 radical (unpaired) electrons. The number of hydrogen-bond acceptors (Lipinski definition) is 4. The zero-order valence-electron chi connectivity index (χ0n) is 12.2. The van der Waals surface area contributed by atoms with Crippen molar-refractivity contribution in [1.82, 2.24) is 10.6 Å². The number of alkyl halides is 3. The number of benzene rings is 1. The summed E-state index contributed by atoms with van der Waals surface area (Å²) in [5.41, 5.74) is 0.918. The van der Waals surface area contributed by atoms with Gasteiger partial charge in [0.15, 0.2) is 12.6 Å². The van der Waals surface area contributed by atoms with Gasteiger partial charge in [0, 0.05) is 19.6 Å². The van der Waals surface area contributed by atoms with Crippen molar-refractivity contribution in [3.63, 3.8) is 0 Å². The first-order valence-corrected chi connectivity index (χ1v) is 7.34. The first kappa shape index (κ1) is 16.5. The number of nitrogens with one attached hydrogen (secondary N) is 2. The van der Waals surface area contributed by atoms with Crippen LogP contribution in [-0.2, 0) is 6.42 Å². The summed E-state index contributed by atoms with van der Waals surface area (Å²) in [6.07, 6.45) is -1.45. The van der Waals surface area contributed by atoms with Gasteiger partial charge in [0.05, 0.1) is 0 Å². The molecule has 1 heterocycles. The molecule has 0 aromatic heterocycles. The maximum Gasteiger partial charge on any atom is 0.422 e. The van der Waals surface area contributed by atoms with Crippen LogP contribution in [0.4, 0.5) is 13.2 Å². The van der Waals surface area contributed by atoms with Crippen LogP contribution in [0.15, 0.2) is 29.3 Å². The van der Waals surface area contributed by atoms with Crippen molar-refractivity contribution >= 4 is 5.96 Å². The van der Waals surface area contributed by atoms with Gasteiger partial charge in [-0.3, -0.25) is 4.99 Å². The predicted molar refractivity (Wildman–Crippen MR) is 79.2 cm³/mol. The minimum absolute atomic E-state index is 0.236. The van der Waals surface area contributed by atoms with Crippen molar-refractivity contribution in [3.8, 4) is 5.75 Å². The smallest absolute Gasteiger partial charge is 0.422 e. The molecule has 0 unspecified atom stereocenters.